The summed E-state index contributed by atoms with van der Waals surface area (Å²) in [4.78, 5) is 11.1. The molecule has 2 rings (SSSR count). The number of hydrogen-bond acceptors (Lipinski definition) is 8. The molecule has 0 bridgehead atoms. The number of anilines is 3. The van der Waals surface area contributed by atoms with E-state index in [-0.39, 0.29) is 16.8 Å². The Hall–Kier alpha value is -2.77. The Morgan fingerprint density at radius 3 is 2.70 bits per heavy atom. The summed E-state index contributed by atoms with van der Waals surface area (Å²) in [6.07, 6.45) is 2.84. The van der Waals surface area contributed by atoms with Gasteiger partial charge in [-0.05, 0) is 18.2 Å². The van der Waals surface area contributed by atoms with Crippen LogP contribution in [0.15, 0.2) is 35.5 Å². The van der Waals surface area contributed by atoms with Crippen LogP contribution in [0.2, 0.25) is 0 Å². The fourth-order valence-electron chi connectivity index (χ4n) is 1.33. The minimum Gasteiger partial charge on any atom is -0.324 e. The lowest BCUT2D eigenvalue weighted by atomic mass is 10.3. The average Bonchev–Trinajstić information content (AvgIpc) is 2.39. The van der Waals surface area contributed by atoms with E-state index >= 15 is 0 Å². The van der Waals surface area contributed by atoms with Crippen molar-refractivity contribution in [3.05, 3.63) is 30.6 Å². The molecule has 1 heterocycles. The van der Waals surface area contributed by atoms with E-state index in [0.29, 0.717) is 5.69 Å². The summed E-state index contributed by atoms with van der Waals surface area (Å²) in [5, 5.41) is 13.4. The Balaban J connectivity index is 2.27. The highest BCUT2D eigenvalue weighted by atomic mass is 32.2. The molecule has 20 heavy (non-hydrogen) atoms. The van der Waals surface area contributed by atoms with Crippen LogP contribution < -0.4 is 10.6 Å². The van der Waals surface area contributed by atoms with Crippen molar-refractivity contribution in [1.29, 1.82) is 5.26 Å². The average molecular weight is 292 g/mol. The van der Waals surface area contributed by atoms with Crippen LogP contribution in [0, 0.1) is 11.5 Å². The molecule has 0 radical (unpaired) electrons. The van der Waals surface area contributed by atoms with Crippen molar-refractivity contribution in [2.45, 2.75) is 4.90 Å². The predicted molar refractivity (Wildman–Crippen MR) is 68.6 cm³/mol. The van der Waals surface area contributed by atoms with Crippen molar-refractivity contribution in [3.8, 4) is 6.19 Å². The summed E-state index contributed by atoms with van der Waals surface area (Å²) < 4.78 is 31.0. The zero-order chi connectivity index (χ0) is 14.6. The summed E-state index contributed by atoms with van der Waals surface area (Å²) >= 11 is 0. The van der Waals surface area contributed by atoms with Gasteiger partial charge in [0.2, 0.25) is 11.9 Å². The van der Waals surface area contributed by atoms with E-state index in [2.05, 4.69) is 25.6 Å². The van der Waals surface area contributed by atoms with Crippen LogP contribution in [-0.2, 0) is 10.1 Å². The highest BCUT2D eigenvalue weighted by Crippen LogP contribution is 2.18. The maximum Gasteiger partial charge on any atom is 0.294 e. The molecule has 0 atom stereocenters. The monoisotopic (exact) mass is 292 g/mol. The fraction of sp³-hybridized carbons (Fsp3) is 0. The van der Waals surface area contributed by atoms with E-state index in [1.54, 1.807) is 12.3 Å². The summed E-state index contributed by atoms with van der Waals surface area (Å²) in [5.41, 5.74) is 0.356. The molecule has 0 unspecified atom stereocenters. The molecule has 0 aliphatic heterocycles. The third kappa shape index (κ3) is 3.37. The largest absolute Gasteiger partial charge is 0.324 e. The lowest BCUT2D eigenvalue weighted by Gasteiger charge is -2.06. The van der Waals surface area contributed by atoms with Gasteiger partial charge in [-0.25, -0.2) is 9.97 Å². The van der Waals surface area contributed by atoms with Gasteiger partial charge in [0.05, 0.1) is 4.90 Å². The van der Waals surface area contributed by atoms with Crippen molar-refractivity contribution in [3.63, 3.8) is 0 Å². The van der Waals surface area contributed by atoms with Gasteiger partial charge in [-0.3, -0.25) is 9.87 Å². The van der Waals surface area contributed by atoms with E-state index in [1.165, 1.54) is 24.5 Å². The van der Waals surface area contributed by atoms with Gasteiger partial charge < -0.3 is 5.32 Å². The van der Waals surface area contributed by atoms with Crippen LogP contribution >= 0.6 is 0 Å². The zero-order valence-electron chi connectivity index (χ0n) is 9.85. The first kappa shape index (κ1) is 13.7. The molecule has 0 aliphatic rings. The Morgan fingerprint density at radius 2 is 2.00 bits per heavy atom. The number of nitriles is 1. The summed E-state index contributed by atoms with van der Waals surface area (Å²) in [5.74, 6) is 0.168. The van der Waals surface area contributed by atoms with E-state index < -0.39 is 10.1 Å². The zero-order valence-corrected chi connectivity index (χ0v) is 10.7. The van der Waals surface area contributed by atoms with Crippen LogP contribution in [0.4, 0.5) is 17.6 Å². The Kier molecular flexibility index (Phi) is 3.74. The topological polar surface area (TPSA) is 141 Å². The van der Waals surface area contributed by atoms with Crippen molar-refractivity contribution < 1.29 is 13.0 Å². The predicted octanol–water partition coefficient (Wildman–Crippen LogP) is 0.755. The second-order valence-electron chi connectivity index (χ2n) is 3.50. The Bertz CT molecular complexity index is 771. The normalized spacial score (nSPS) is 10.6. The molecule has 1 aromatic heterocycles. The first-order valence-electron chi connectivity index (χ1n) is 5.18. The molecule has 0 spiro atoms. The molecular formula is C10H8N6O3S. The van der Waals surface area contributed by atoms with E-state index in [4.69, 9.17) is 9.81 Å². The van der Waals surface area contributed by atoms with Crippen molar-refractivity contribution >= 4 is 27.7 Å². The molecule has 102 valence electrons. The third-order valence-electron chi connectivity index (χ3n) is 2.13. The Labute approximate surface area is 114 Å². The van der Waals surface area contributed by atoms with Gasteiger partial charge in [-0.15, -0.1) is 0 Å². The highest BCUT2D eigenvalue weighted by molar-refractivity contribution is 7.85. The second kappa shape index (κ2) is 5.47. The molecule has 0 fully saturated rings. The van der Waals surface area contributed by atoms with Crippen LogP contribution in [-0.4, -0.2) is 27.9 Å². The van der Waals surface area contributed by atoms with Crippen molar-refractivity contribution in [2.24, 2.45) is 0 Å². The van der Waals surface area contributed by atoms with E-state index in [9.17, 15) is 8.42 Å². The number of benzene rings is 1. The molecule has 2 aromatic rings. The van der Waals surface area contributed by atoms with Gasteiger partial charge in [-0.2, -0.15) is 18.7 Å². The molecular weight excluding hydrogens is 284 g/mol. The first-order chi connectivity index (χ1) is 9.49. The minimum atomic E-state index is -4.28. The fourth-order valence-corrected chi connectivity index (χ4v) is 1.86. The number of rotatable bonds is 4. The molecule has 9 nitrogen and oxygen atoms in total. The van der Waals surface area contributed by atoms with Crippen LogP contribution in [0.3, 0.4) is 0 Å². The van der Waals surface area contributed by atoms with Gasteiger partial charge >= 0.3 is 0 Å². The number of aromatic nitrogens is 3. The number of hydrogen-bond donors (Lipinski definition) is 3. The van der Waals surface area contributed by atoms with Crippen LogP contribution in [0.1, 0.15) is 0 Å². The molecule has 0 aliphatic carbocycles. The van der Waals surface area contributed by atoms with E-state index in [0.717, 1.165) is 0 Å². The third-order valence-corrected chi connectivity index (χ3v) is 2.98. The summed E-state index contributed by atoms with van der Waals surface area (Å²) in [6.45, 7) is 0. The van der Waals surface area contributed by atoms with Crippen molar-refractivity contribution in [1.82, 2.24) is 15.0 Å². The molecule has 1 aromatic carbocycles. The molecule has 3 N–H and O–H groups in total. The van der Waals surface area contributed by atoms with Gasteiger partial charge in [-0.1, -0.05) is 6.07 Å². The lowest BCUT2D eigenvalue weighted by molar-refractivity contribution is 0.483. The standard InChI is InChI=1S/C10H8N6O3S/c11-5-12-9-13-6-14-10(16-9)15-7-2-1-3-8(4-7)20(17,18)19/h1-4,6H,(H,17,18,19)(H2,12,13,14,15,16). The second-order valence-corrected chi connectivity index (χ2v) is 4.92. The van der Waals surface area contributed by atoms with Crippen molar-refractivity contribution in [2.75, 3.05) is 10.6 Å². The molecule has 10 heteroatoms. The van der Waals surface area contributed by atoms with Gasteiger partial charge in [0, 0.05) is 5.69 Å². The Morgan fingerprint density at radius 1 is 1.25 bits per heavy atom. The number of nitrogens with zero attached hydrogens (tertiary/aromatic N) is 4. The maximum absolute atomic E-state index is 11.0. The lowest BCUT2D eigenvalue weighted by Crippen LogP contribution is -2.03. The van der Waals surface area contributed by atoms with Crippen LogP contribution in [0.25, 0.3) is 0 Å². The number of nitrogens with one attached hydrogen (secondary N) is 2. The first-order valence-corrected chi connectivity index (χ1v) is 6.62. The highest BCUT2D eigenvalue weighted by Gasteiger charge is 2.10. The maximum atomic E-state index is 11.0. The van der Waals surface area contributed by atoms with Gasteiger partial charge in [0.25, 0.3) is 10.1 Å². The summed E-state index contributed by atoms with van der Waals surface area (Å²) in [7, 11) is -4.28. The SMILES string of the molecule is N#CNc1ncnc(Nc2cccc(S(=O)(=O)O)c2)n1. The molecule has 0 amide bonds. The minimum absolute atomic E-state index is 0.0518. The molecule has 0 saturated heterocycles. The quantitative estimate of drug-likeness (QED) is 0.423. The smallest absolute Gasteiger partial charge is 0.294 e. The van der Waals surface area contributed by atoms with Gasteiger partial charge in [0.15, 0.2) is 6.19 Å². The summed E-state index contributed by atoms with van der Waals surface area (Å²) in [6, 6.07) is 5.48. The van der Waals surface area contributed by atoms with E-state index in [1.807, 2.05) is 0 Å². The van der Waals surface area contributed by atoms with Gasteiger partial charge in [0.1, 0.15) is 6.33 Å². The molecule has 0 saturated carbocycles. The van der Waals surface area contributed by atoms with Crippen LogP contribution in [0.5, 0.6) is 0 Å².